The fourth-order valence-corrected chi connectivity index (χ4v) is 1.54. The summed E-state index contributed by atoms with van der Waals surface area (Å²) in [6.45, 7) is 0. The Kier molecular flexibility index (Phi) is 3.96. The summed E-state index contributed by atoms with van der Waals surface area (Å²) in [5.41, 5.74) is 0.146. The van der Waals surface area contributed by atoms with Crippen molar-refractivity contribution in [2.45, 2.75) is 18.5 Å². The molecule has 1 aromatic rings. The average Bonchev–Trinajstić information content (AvgIpc) is 2.14. The van der Waals surface area contributed by atoms with Gasteiger partial charge in [-0.3, -0.25) is 4.79 Å². The first-order valence-corrected chi connectivity index (χ1v) is 5.14. The summed E-state index contributed by atoms with van der Waals surface area (Å²) < 4.78 is 37.2. The topological polar surface area (TPSA) is 37.3 Å². The van der Waals surface area contributed by atoms with Crippen molar-refractivity contribution >= 4 is 21.9 Å². The molecule has 0 heterocycles. The predicted octanol–water partition coefficient (Wildman–Crippen LogP) is 3.57. The van der Waals surface area contributed by atoms with Crippen molar-refractivity contribution in [2.24, 2.45) is 0 Å². The van der Waals surface area contributed by atoms with Crippen LogP contribution in [0.3, 0.4) is 0 Å². The van der Waals surface area contributed by atoms with Crippen LogP contribution in [-0.2, 0) is 4.79 Å². The second-order valence-electron chi connectivity index (χ2n) is 3.26. The zero-order valence-corrected chi connectivity index (χ0v) is 9.55. The van der Waals surface area contributed by atoms with Crippen LogP contribution in [0.4, 0.5) is 13.2 Å². The van der Waals surface area contributed by atoms with Gasteiger partial charge < -0.3 is 5.11 Å². The molecule has 0 saturated carbocycles. The van der Waals surface area contributed by atoms with Crippen molar-refractivity contribution in [2.75, 3.05) is 0 Å². The van der Waals surface area contributed by atoms with Gasteiger partial charge in [0.25, 0.3) is 0 Å². The monoisotopic (exact) mass is 296 g/mol. The third-order valence-electron chi connectivity index (χ3n) is 2.01. The number of benzene rings is 1. The molecule has 6 heteroatoms. The molecule has 88 valence electrons. The normalized spacial score (nSPS) is 13.5. The standard InChI is InChI=1S/C10H8BrF3O2/c11-7-3-1-6(2-4-7)8(9(15)16)5-10(12,13)14/h1-4,8H,5H2,(H,15,16)/t8-/m0/s1. The molecule has 1 aromatic carbocycles. The number of rotatable bonds is 3. The smallest absolute Gasteiger partial charge is 0.390 e. The van der Waals surface area contributed by atoms with Crippen LogP contribution in [0.5, 0.6) is 0 Å². The third-order valence-corrected chi connectivity index (χ3v) is 2.53. The van der Waals surface area contributed by atoms with E-state index in [0.717, 1.165) is 0 Å². The number of alkyl halides is 3. The number of aliphatic carboxylic acids is 1. The van der Waals surface area contributed by atoms with E-state index < -0.39 is 24.5 Å². The first-order valence-electron chi connectivity index (χ1n) is 4.34. The number of halogens is 4. The van der Waals surface area contributed by atoms with Gasteiger partial charge in [0, 0.05) is 4.47 Å². The van der Waals surface area contributed by atoms with E-state index in [1.54, 1.807) is 0 Å². The van der Waals surface area contributed by atoms with E-state index in [1.165, 1.54) is 24.3 Å². The summed E-state index contributed by atoms with van der Waals surface area (Å²) >= 11 is 3.12. The summed E-state index contributed by atoms with van der Waals surface area (Å²) in [6.07, 6.45) is -5.85. The van der Waals surface area contributed by atoms with Crippen molar-refractivity contribution in [3.8, 4) is 0 Å². The molecule has 0 radical (unpaired) electrons. The minimum absolute atomic E-state index is 0.146. The van der Waals surface area contributed by atoms with Gasteiger partial charge in [0.1, 0.15) is 0 Å². The molecule has 0 spiro atoms. The van der Waals surface area contributed by atoms with Crippen molar-refractivity contribution in [3.63, 3.8) is 0 Å². The highest BCUT2D eigenvalue weighted by Gasteiger charge is 2.36. The first kappa shape index (κ1) is 13.0. The van der Waals surface area contributed by atoms with Gasteiger partial charge in [-0.1, -0.05) is 28.1 Å². The van der Waals surface area contributed by atoms with Crippen LogP contribution >= 0.6 is 15.9 Å². The van der Waals surface area contributed by atoms with Gasteiger partial charge in [-0.15, -0.1) is 0 Å². The Balaban J connectivity index is 2.94. The molecule has 0 saturated heterocycles. The lowest BCUT2D eigenvalue weighted by atomic mass is 9.96. The molecule has 16 heavy (non-hydrogen) atoms. The average molecular weight is 297 g/mol. The molecule has 2 nitrogen and oxygen atoms in total. The van der Waals surface area contributed by atoms with E-state index in [-0.39, 0.29) is 5.56 Å². The van der Waals surface area contributed by atoms with E-state index >= 15 is 0 Å². The van der Waals surface area contributed by atoms with E-state index in [2.05, 4.69) is 15.9 Å². The van der Waals surface area contributed by atoms with Gasteiger partial charge in [-0.05, 0) is 17.7 Å². The summed E-state index contributed by atoms with van der Waals surface area (Å²) in [4.78, 5) is 10.8. The molecule has 0 unspecified atom stereocenters. The molecular weight excluding hydrogens is 289 g/mol. The lowest BCUT2D eigenvalue weighted by molar-refractivity contribution is -0.157. The second-order valence-corrected chi connectivity index (χ2v) is 4.18. The summed E-state index contributed by atoms with van der Waals surface area (Å²) in [7, 11) is 0. The van der Waals surface area contributed by atoms with Gasteiger partial charge in [0.2, 0.25) is 0 Å². The van der Waals surface area contributed by atoms with Gasteiger partial charge in [-0.25, -0.2) is 0 Å². The first-order chi connectivity index (χ1) is 7.29. The number of hydrogen-bond acceptors (Lipinski definition) is 1. The maximum Gasteiger partial charge on any atom is 0.390 e. The van der Waals surface area contributed by atoms with Crippen LogP contribution in [0.2, 0.25) is 0 Å². The van der Waals surface area contributed by atoms with Crippen LogP contribution in [-0.4, -0.2) is 17.3 Å². The van der Waals surface area contributed by atoms with E-state index in [0.29, 0.717) is 4.47 Å². The van der Waals surface area contributed by atoms with Crippen LogP contribution in [0, 0.1) is 0 Å². The SMILES string of the molecule is O=C(O)[C@@H](CC(F)(F)F)c1ccc(Br)cc1. The molecule has 1 atom stereocenters. The number of hydrogen-bond donors (Lipinski definition) is 1. The van der Waals surface area contributed by atoms with Crippen molar-refractivity contribution in [1.82, 2.24) is 0 Å². The van der Waals surface area contributed by atoms with Crippen LogP contribution < -0.4 is 0 Å². The largest absolute Gasteiger partial charge is 0.481 e. The molecule has 0 aliphatic carbocycles. The highest BCUT2D eigenvalue weighted by Crippen LogP contribution is 2.31. The second kappa shape index (κ2) is 4.86. The van der Waals surface area contributed by atoms with Gasteiger partial charge in [0.05, 0.1) is 12.3 Å². The van der Waals surface area contributed by atoms with Crippen molar-refractivity contribution in [3.05, 3.63) is 34.3 Å². The van der Waals surface area contributed by atoms with Crippen molar-refractivity contribution < 1.29 is 23.1 Å². The van der Waals surface area contributed by atoms with E-state index in [1.807, 2.05) is 0 Å². The summed E-state index contributed by atoms with van der Waals surface area (Å²) in [5.74, 6) is -3.02. The molecule has 0 aromatic heterocycles. The fourth-order valence-electron chi connectivity index (χ4n) is 1.27. The Labute approximate surface area is 98.2 Å². The molecular formula is C10H8BrF3O2. The zero-order valence-electron chi connectivity index (χ0n) is 7.96. The molecule has 1 rings (SSSR count). The quantitative estimate of drug-likeness (QED) is 0.926. The van der Waals surface area contributed by atoms with E-state index in [9.17, 15) is 18.0 Å². The lowest BCUT2D eigenvalue weighted by Crippen LogP contribution is -2.20. The Morgan fingerprint density at radius 2 is 1.81 bits per heavy atom. The van der Waals surface area contributed by atoms with Crippen LogP contribution in [0.1, 0.15) is 17.9 Å². The highest BCUT2D eigenvalue weighted by atomic mass is 79.9. The molecule has 0 aliphatic heterocycles. The molecule has 0 aliphatic rings. The summed E-state index contributed by atoms with van der Waals surface area (Å²) in [5, 5.41) is 8.75. The Morgan fingerprint density at radius 1 is 1.31 bits per heavy atom. The summed E-state index contributed by atoms with van der Waals surface area (Å²) in [6, 6.07) is 5.77. The van der Waals surface area contributed by atoms with E-state index in [4.69, 9.17) is 5.11 Å². The van der Waals surface area contributed by atoms with Crippen LogP contribution in [0.25, 0.3) is 0 Å². The van der Waals surface area contributed by atoms with Crippen LogP contribution in [0.15, 0.2) is 28.7 Å². The minimum Gasteiger partial charge on any atom is -0.481 e. The Bertz CT molecular complexity index is 373. The third kappa shape index (κ3) is 3.84. The van der Waals surface area contributed by atoms with Gasteiger partial charge in [-0.2, -0.15) is 13.2 Å². The fraction of sp³-hybridized carbons (Fsp3) is 0.300. The van der Waals surface area contributed by atoms with Gasteiger partial charge >= 0.3 is 12.1 Å². The number of carboxylic acid groups (broad SMARTS) is 1. The van der Waals surface area contributed by atoms with Crippen molar-refractivity contribution in [1.29, 1.82) is 0 Å². The number of carbonyl (C=O) groups is 1. The number of carboxylic acids is 1. The highest BCUT2D eigenvalue weighted by molar-refractivity contribution is 9.10. The zero-order chi connectivity index (χ0) is 12.3. The maximum atomic E-state index is 12.2. The maximum absolute atomic E-state index is 12.2. The Morgan fingerprint density at radius 3 is 2.19 bits per heavy atom. The Hall–Kier alpha value is -1.04. The van der Waals surface area contributed by atoms with Gasteiger partial charge in [0.15, 0.2) is 0 Å². The molecule has 0 bridgehead atoms. The lowest BCUT2D eigenvalue weighted by Gasteiger charge is -2.14. The predicted molar refractivity (Wildman–Crippen MR) is 55.2 cm³/mol. The molecule has 0 amide bonds. The molecule has 0 fully saturated rings. The minimum atomic E-state index is -4.49. The molecule has 1 N–H and O–H groups in total.